The molecule has 1 aromatic carbocycles. The van der Waals surface area contributed by atoms with Crippen LogP contribution in [0.4, 0.5) is 11.4 Å². The van der Waals surface area contributed by atoms with Gasteiger partial charge in [-0.25, -0.2) is 0 Å². The zero-order valence-corrected chi connectivity index (χ0v) is 11.5. The molecule has 1 atom stereocenters. The Balaban J connectivity index is 2.17. The number of methoxy groups -OCH3 is 1. The highest BCUT2D eigenvalue weighted by Gasteiger charge is 2.11. The normalized spacial score (nSPS) is 12.1. The van der Waals surface area contributed by atoms with E-state index in [9.17, 15) is 0 Å². The number of ether oxygens (including phenoxy) is 1. The number of hydrogen-bond acceptors (Lipinski definition) is 4. The summed E-state index contributed by atoms with van der Waals surface area (Å²) in [7, 11) is 1.64. The molecule has 0 radical (unpaired) electrons. The van der Waals surface area contributed by atoms with Crippen LogP contribution in [-0.2, 0) is 0 Å². The first kappa shape index (κ1) is 12.8. The number of nitrogens with one attached hydrogen (secondary N) is 1. The summed E-state index contributed by atoms with van der Waals surface area (Å²) in [5.41, 5.74) is 7.68. The fraction of sp³-hybridized carbons (Fsp3) is 0.286. The number of anilines is 2. The Bertz CT molecular complexity index is 497. The van der Waals surface area contributed by atoms with Crippen LogP contribution >= 0.6 is 11.3 Å². The average Bonchev–Trinajstić information content (AvgIpc) is 2.91. The maximum absolute atomic E-state index is 6.01. The van der Waals surface area contributed by atoms with Crippen LogP contribution in [0.3, 0.4) is 0 Å². The second-order valence-electron chi connectivity index (χ2n) is 4.07. The van der Waals surface area contributed by atoms with Crippen LogP contribution in [0.25, 0.3) is 0 Å². The second-order valence-corrected chi connectivity index (χ2v) is 5.05. The molecule has 0 spiro atoms. The van der Waals surface area contributed by atoms with Crippen molar-refractivity contribution in [1.29, 1.82) is 0 Å². The summed E-state index contributed by atoms with van der Waals surface area (Å²) in [6, 6.07) is 10.2. The van der Waals surface area contributed by atoms with Gasteiger partial charge < -0.3 is 15.8 Å². The number of hydrogen-bond donors (Lipinski definition) is 2. The summed E-state index contributed by atoms with van der Waals surface area (Å²) in [4.78, 5) is 1.33. The molecule has 0 saturated carbocycles. The molecule has 1 unspecified atom stereocenters. The minimum Gasteiger partial charge on any atom is -0.497 e. The quantitative estimate of drug-likeness (QED) is 0.803. The molecule has 0 aliphatic heterocycles. The van der Waals surface area contributed by atoms with Crippen molar-refractivity contribution in [3.63, 3.8) is 0 Å². The Labute approximate surface area is 112 Å². The molecule has 1 heterocycles. The van der Waals surface area contributed by atoms with Crippen LogP contribution in [0, 0.1) is 0 Å². The van der Waals surface area contributed by atoms with Crippen molar-refractivity contribution >= 4 is 22.7 Å². The van der Waals surface area contributed by atoms with Gasteiger partial charge in [-0.05, 0) is 30.0 Å². The van der Waals surface area contributed by atoms with Crippen LogP contribution in [0.5, 0.6) is 5.75 Å². The molecule has 0 bridgehead atoms. The van der Waals surface area contributed by atoms with Gasteiger partial charge in [0.15, 0.2) is 0 Å². The minimum atomic E-state index is 0.306. The molecule has 0 aliphatic rings. The fourth-order valence-electron chi connectivity index (χ4n) is 1.85. The van der Waals surface area contributed by atoms with Gasteiger partial charge in [-0.2, -0.15) is 0 Å². The summed E-state index contributed by atoms with van der Waals surface area (Å²) in [6.07, 6.45) is 1.02. The van der Waals surface area contributed by atoms with Gasteiger partial charge in [0.1, 0.15) is 5.75 Å². The number of thiophene rings is 1. The molecule has 4 heteroatoms. The lowest BCUT2D eigenvalue weighted by Crippen LogP contribution is -2.09. The van der Waals surface area contributed by atoms with Crippen LogP contribution < -0.4 is 15.8 Å². The van der Waals surface area contributed by atoms with E-state index in [1.54, 1.807) is 18.4 Å². The minimum absolute atomic E-state index is 0.306. The third kappa shape index (κ3) is 2.76. The maximum Gasteiger partial charge on any atom is 0.121 e. The largest absolute Gasteiger partial charge is 0.497 e. The summed E-state index contributed by atoms with van der Waals surface area (Å²) in [6.45, 7) is 2.16. The number of rotatable bonds is 5. The number of nitrogens with two attached hydrogens (primary N) is 1. The molecule has 3 nitrogen and oxygen atoms in total. The van der Waals surface area contributed by atoms with Crippen molar-refractivity contribution in [3.05, 3.63) is 40.6 Å². The van der Waals surface area contributed by atoms with Crippen LogP contribution in [0.15, 0.2) is 35.7 Å². The second kappa shape index (κ2) is 5.78. The van der Waals surface area contributed by atoms with Crippen LogP contribution in [0.1, 0.15) is 24.3 Å². The van der Waals surface area contributed by atoms with Gasteiger partial charge in [-0.1, -0.05) is 13.0 Å². The third-order valence-electron chi connectivity index (χ3n) is 2.88. The van der Waals surface area contributed by atoms with E-state index in [2.05, 4.69) is 29.8 Å². The van der Waals surface area contributed by atoms with Crippen molar-refractivity contribution in [3.8, 4) is 5.75 Å². The van der Waals surface area contributed by atoms with E-state index in [1.807, 2.05) is 18.2 Å². The molecule has 2 rings (SSSR count). The van der Waals surface area contributed by atoms with Gasteiger partial charge in [0.05, 0.1) is 24.5 Å². The van der Waals surface area contributed by atoms with E-state index in [0.29, 0.717) is 11.7 Å². The van der Waals surface area contributed by atoms with Gasteiger partial charge in [0.2, 0.25) is 0 Å². The smallest absolute Gasteiger partial charge is 0.121 e. The Morgan fingerprint density at radius 3 is 2.78 bits per heavy atom. The monoisotopic (exact) mass is 262 g/mol. The van der Waals surface area contributed by atoms with E-state index < -0.39 is 0 Å². The lowest BCUT2D eigenvalue weighted by molar-refractivity contribution is 0.415. The number of nitrogen functional groups attached to an aromatic ring is 1. The first-order chi connectivity index (χ1) is 8.74. The van der Waals surface area contributed by atoms with Gasteiger partial charge in [0.25, 0.3) is 0 Å². The molecule has 3 N–H and O–H groups in total. The fourth-order valence-corrected chi connectivity index (χ4v) is 2.71. The highest BCUT2D eigenvalue weighted by Crippen LogP contribution is 2.30. The molecule has 2 aromatic rings. The molecule has 0 saturated heterocycles. The number of benzene rings is 1. The molecular formula is C14H18N2OS. The van der Waals surface area contributed by atoms with Crippen molar-refractivity contribution in [1.82, 2.24) is 0 Å². The van der Waals surface area contributed by atoms with E-state index >= 15 is 0 Å². The highest BCUT2D eigenvalue weighted by molar-refractivity contribution is 7.10. The van der Waals surface area contributed by atoms with Crippen molar-refractivity contribution in [2.45, 2.75) is 19.4 Å². The van der Waals surface area contributed by atoms with Crippen LogP contribution in [0.2, 0.25) is 0 Å². The topological polar surface area (TPSA) is 47.3 Å². The zero-order valence-electron chi connectivity index (χ0n) is 10.6. The summed E-state index contributed by atoms with van der Waals surface area (Å²) < 4.78 is 5.15. The van der Waals surface area contributed by atoms with Crippen molar-refractivity contribution in [2.75, 3.05) is 18.2 Å². The van der Waals surface area contributed by atoms with Gasteiger partial charge in [-0.15, -0.1) is 11.3 Å². The van der Waals surface area contributed by atoms with Gasteiger partial charge in [-0.3, -0.25) is 0 Å². The zero-order chi connectivity index (χ0) is 13.0. The van der Waals surface area contributed by atoms with E-state index in [0.717, 1.165) is 17.9 Å². The summed E-state index contributed by atoms with van der Waals surface area (Å²) in [5, 5.41) is 5.57. The Morgan fingerprint density at radius 2 is 2.22 bits per heavy atom. The van der Waals surface area contributed by atoms with E-state index in [-0.39, 0.29) is 0 Å². The van der Waals surface area contributed by atoms with Crippen molar-refractivity contribution < 1.29 is 4.74 Å². The van der Waals surface area contributed by atoms with Gasteiger partial charge in [0, 0.05) is 10.9 Å². The van der Waals surface area contributed by atoms with E-state index in [4.69, 9.17) is 10.5 Å². The molecular weight excluding hydrogens is 244 g/mol. The third-order valence-corrected chi connectivity index (χ3v) is 3.87. The lowest BCUT2D eigenvalue weighted by atomic mass is 10.1. The summed E-state index contributed by atoms with van der Waals surface area (Å²) in [5.74, 6) is 0.780. The molecule has 0 aliphatic carbocycles. The predicted molar refractivity (Wildman–Crippen MR) is 78.4 cm³/mol. The van der Waals surface area contributed by atoms with Crippen LogP contribution in [-0.4, -0.2) is 7.11 Å². The SMILES string of the molecule is CCC(Nc1ccc(OC)cc1N)c1cccs1. The lowest BCUT2D eigenvalue weighted by Gasteiger charge is -2.18. The maximum atomic E-state index is 6.01. The predicted octanol–water partition coefficient (Wildman–Crippen LogP) is 3.90. The standard InChI is InChI=1S/C14H18N2OS/c1-3-12(14-5-4-8-18-14)16-13-7-6-10(17-2)9-11(13)15/h4-9,12,16H,3,15H2,1-2H3. The van der Waals surface area contributed by atoms with Crippen molar-refractivity contribution in [2.24, 2.45) is 0 Å². The van der Waals surface area contributed by atoms with Gasteiger partial charge >= 0.3 is 0 Å². The first-order valence-electron chi connectivity index (χ1n) is 5.98. The molecule has 18 heavy (non-hydrogen) atoms. The molecule has 0 fully saturated rings. The average molecular weight is 262 g/mol. The molecule has 0 amide bonds. The van der Waals surface area contributed by atoms with E-state index in [1.165, 1.54) is 4.88 Å². The Morgan fingerprint density at radius 1 is 1.39 bits per heavy atom. The highest BCUT2D eigenvalue weighted by atomic mass is 32.1. The Hall–Kier alpha value is -1.68. The Kier molecular flexibility index (Phi) is 4.10. The summed E-state index contributed by atoms with van der Waals surface area (Å²) >= 11 is 1.76. The molecule has 1 aromatic heterocycles. The molecule has 96 valence electrons. The first-order valence-corrected chi connectivity index (χ1v) is 6.86.